The van der Waals surface area contributed by atoms with Crippen molar-refractivity contribution in [3.05, 3.63) is 33.7 Å². The highest BCUT2D eigenvalue weighted by Crippen LogP contribution is 2.27. The van der Waals surface area contributed by atoms with Gasteiger partial charge in [0.25, 0.3) is 0 Å². The zero-order chi connectivity index (χ0) is 10.2. The molecule has 0 aliphatic carbocycles. The molecule has 13 heavy (non-hydrogen) atoms. The van der Waals surface area contributed by atoms with E-state index in [0.717, 1.165) is 4.57 Å². The first-order valence-electron chi connectivity index (χ1n) is 3.57. The molecule has 0 aliphatic heterocycles. The maximum atomic E-state index is 12.2. The predicted octanol–water partition coefficient (Wildman–Crippen LogP) is 1.71. The second kappa shape index (κ2) is 2.90. The van der Waals surface area contributed by atoms with Crippen LogP contribution in [0.5, 0.6) is 0 Å². The SMILES string of the molecule is Cc1cn(C)c(C(F)(F)F)cc1=O. The van der Waals surface area contributed by atoms with Gasteiger partial charge in [-0.1, -0.05) is 0 Å². The van der Waals surface area contributed by atoms with E-state index in [1.54, 1.807) is 0 Å². The third-order valence-electron chi connectivity index (χ3n) is 1.71. The summed E-state index contributed by atoms with van der Waals surface area (Å²) in [6.07, 6.45) is -3.30. The van der Waals surface area contributed by atoms with E-state index < -0.39 is 17.3 Å². The van der Waals surface area contributed by atoms with E-state index >= 15 is 0 Å². The highest BCUT2D eigenvalue weighted by Gasteiger charge is 2.33. The summed E-state index contributed by atoms with van der Waals surface area (Å²) in [4.78, 5) is 10.9. The largest absolute Gasteiger partial charge is 0.431 e. The molecule has 0 radical (unpaired) electrons. The minimum absolute atomic E-state index is 0.301. The van der Waals surface area contributed by atoms with Crippen molar-refractivity contribution in [2.75, 3.05) is 0 Å². The molecule has 5 heteroatoms. The summed E-state index contributed by atoms with van der Waals surface area (Å²) in [7, 11) is 1.26. The van der Waals surface area contributed by atoms with Crippen molar-refractivity contribution in [2.24, 2.45) is 7.05 Å². The Balaban J connectivity index is 3.41. The molecule has 0 atom stereocenters. The Hall–Kier alpha value is -1.26. The highest BCUT2D eigenvalue weighted by atomic mass is 19.4. The number of halogens is 3. The molecule has 0 fully saturated rings. The smallest absolute Gasteiger partial charge is 0.347 e. The highest BCUT2D eigenvalue weighted by molar-refractivity contribution is 5.16. The molecule has 0 saturated heterocycles. The second-order valence-corrected chi connectivity index (χ2v) is 2.81. The number of hydrogen-bond acceptors (Lipinski definition) is 1. The normalized spacial score (nSPS) is 11.8. The number of pyridine rings is 1. The molecule has 0 N–H and O–H groups in total. The number of alkyl halides is 3. The topological polar surface area (TPSA) is 22.0 Å². The van der Waals surface area contributed by atoms with Crippen molar-refractivity contribution in [3.63, 3.8) is 0 Å². The van der Waals surface area contributed by atoms with Gasteiger partial charge in [-0.15, -0.1) is 0 Å². The number of aryl methyl sites for hydroxylation is 2. The summed E-state index contributed by atoms with van der Waals surface area (Å²) in [5, 5.41) is 0. The van der Waals surface area contributed by atoms with Gasteiger partial charge in [-0.3, -0.25) is 4.79 Å². The van der Waals surface area contributed by atoms with Gasteiger partial charge in [0.1, 0.15) is 5.69 Å². The Kier molecular flexibility index (Phi) is 2.19. The van der Waals surface area contributed by atoms with E-state index in [0.29, 0.717) is 11.6 Å². The van der Waals surface area contributed by atoms with Crippen LogP contribution < -0.4 is 5.43 Å². The van der Waals surface area contributed by atoms with E-state index in [9.17, 15) is 18.0 Å². The summed E-state index contributed by atoms with van der Waals surface area (Å²) in [5.74, 6) is 0. The van der Waals surface area contributed by atoms with Crippen molar-refractivity contribution in [2.45, 2.75) is 13.1 Å². The third-order valence-corrected chi connectivity index (χ3v) is 1.71. The number of nitrogens with zero attached hydrogens (tertiary/aromatic N) is 1. The molecule has 1 aromatic rings. The van der Waals surface area contributed by atoms with Crippen molar-refractivity contribution in [1.82, 2.24) is 4.57 Å². The van der Waals surface area contributed by atoms with Gasteiger partial charge in [-0.05, 0) is 6.92 Å². The van der Waals surface area contributed by atoms with Crippen LogP contribution in [0.2, 0.25) is 0 Å². The van der Waals surface area contributed by atoms with Crippen LogP contribution in [0, 0.1) is 6.92 Å². The fraction of sp³-hybridized carbons (Fsp3) is 0.375. The van der Waals surface area contributed by atoms with Gasteiger partial charge in [-0.2, -0.15) is 13.2 Å². The minimum atomic E-state index is -4.47. The molecule has 0 unspecified atom stereocenters. The summed E-state index contributed by atoms with van der Waals surface area (Å²) in [6, 6.07) is 0.606. The van der Waals surface area contributed by atoms with Crippen molar-refractivity contribution in [1.29, 1.82) is 0 Å². The van der Waals surface area contributed by atoms with Gasteiger partial charge in [0, 0.05) is 24.9 Å². The molecular formula is C8H8F3NO. The predicted molar refractivity (Wildman–Crippen MR) is 41.4 cm³/mol. The second-order valence-electron chi connectivity index (χ2n) is 2.81. The van der Waals surface area contributed by atoms with Crippen LogP contribution >= 0.6 is 0 Å². The molecule has 0 spiro atoms. The maximum Gasteiger partial charge on any atom is 0.431 e. The third kappa shape index (κ3) is 1.91. The Morgan fingerprint density at radius 2 is 1.92 bits per heavy atom. The first kappa shape index (κ1) is 9.83. The van der Waals surface area contributed by atoms with Crippen LogP contribution in [-0.4, -0.2) is 4.57 Å². The van der Waals surface area contributed by atoms with E-state index in [-0.39, 0.29) is 0 Å². The molecule has 1 heterocycles. The van der Waals surface area contributed by atoms with E-state index in [1.165, 1.54) is 20.2 Å². The molecule has 72 valence electrons. The van der Waals surface area contributed by atoms with Gasteiger partial charge in [-0.25, -0.2) is 0 Å². The molecule has 1 rings (SSSR count). The summed E-state index contributed by atoms with van der Waals surface area (Å²) in [6.45, 7) is 1.47. The quantitative estimate of drug-likeness (QED) is 0.611. The van der Waals surface area contributed by atoms with Crippen molar-refractivity contribution in [3.8, 4) is 0 Å². The fourth-order valence-electron chi connectivity index (χ4n) is 1.05. The molecule has 2 nitrogen and oxygen atoms in total. The molecule has 0 saturated carbocycles. The lowest BCUT2D eigenvalue weighted by molar-refractivity contribution is -0.143. The summed E-state index contributed by atoms with van der Waals surface area (Å²) in [5.41, 5.74) is -1.22. The van der Waals surface area contributed by atoms with Gasteiger partial charge in [0.2, 0.25) is 0 Å². The van der Waals surface area contributed by atoms with Gasteiger partial charge in [0.05, 0.1) is 0 Å². The van der Waals surface area contributed by atoms with Crippen LogP contribution in [0.1, 0.15) is 11.3 Å². The Bertz CT molecular complexity index is 378. The first-order valence-corrected chi connectivity index (χ1v) is 3.57. The standard InChI is InChI=1S/C8H8F3NO/c1-5-4-12(2)7(3-6(5)13)8(9,10)11/h3-4H,1-2H3. The lowest BCUT2D eigenvalue weighted by Gasteiger charge is -2.11. The Labute approximate surface area is 72.6 Å². The summed E-state index contributed by atoms with van der Waals surface area (Å²) < 4.78 is 37.5. The zero-order valence-corrected chi connectivity index (χ0v) is 7.14. The molecule has 0 aromatic carbocycles. The van der Waals surface area contributed by atoms with Gasteiger partial charge >= 0.3 is 6.18 Å². The zero-order valence-electron chi connectivity index (χ0n) is 7.14. The molecule has 0 amide bonds. The Morgan fingerprint density at radius 1 is 1.38 bits per heavy atom. The van der Waals surface area contributed by atoms with Crippen LogP contribution in [-0.2, 0) is 13.2 Å². The van der Waals surface area contributed by atoms with Gasteiger partial charge in [0.15, 0.2) is 5.43 Å². The summed E-state index contributed by atoms with van der Waals surface area (Å²) >= 11 is 0. The van der Waals surface area contributed by atoms with Crippen LogP contribution in [0.3, 0.4) is 0 Å². The van der Waals surface area contributed by atoms with E-state index in [2.05, 4.69) is 0 Å². The number of aromatic nitrogens is 1. The van der Waals surface area contributed by atoms with Gasteiger partial charge < -0.3 is 4.57 Å². The van der Waals surface area contributed by atoms with Crippen LogP contribution in [0.4, 0.5) is 13.2 Å². The average molecular weight is 191 g/mol. The van der Waals surface area contributed by atoms with Crippen molar-refractivity contribution >= 4 is 0 Å². The Morgan fingerprint density at radius 3 is 2.38 bits per heavy atom. The fourth-order valence-corrected chi connectivity index (χ4v) is 1.05. The van der Waals surface area contributed by atoms with E-state index in [1.807, 2.05) is 0 Å². The monoisotopic (exact) mass is 191 g/mol. The number of hydrogen-bond donors (Lipinski definition) is 0. The number of rotatable bonds is 0. The lowest BCUT2D eigenvalue weighted by Crippen LogP contribution is -2.19. The van der Waals surface area contributed by atoms with Crippen LogP contribution in [0.25, 0.3) is 0 Å². The molecule has 0 aliphatic rings. The van der Waals surface area contributed by atoms with E-state index in [4.69, 9.17) is 0 Å². The van der Waals surface area contributed by atoms with Crippen LogP contribution in [0.15, 0.2) is 17.1 Å². The molecule has 0 bridgehead atoms. The average Bonchev–Trinajstić information content (AvgIpc) is 1.94. The molecule has 1 aromatic heterocycles. The molecular weight excluding hydrogens is 183 g/mol. The minimum Gasteiger partial charge on any atom is -0.347 e. The van der Waals surface area contributed by atoms with Crippen molar-refractivity contribution < 1.29 is 13.2 Å². The maximum absolute atomic E-state index is 12.2. The first-order chi connectivity index (χ1) is 5.82. The lowest BCUT2D eigenvalue weighted by atomic mass is 10.2.